The van der Waals surface area contributed by atoms with E-state index in [9.17, 15) is 14.4 Å². The molecule has 0 radical (unpaired) electrons. The molecular formula is C20H29N5O4. The molecule has 0 unspecified atom stereocenters. The van der Waals surface area contributed by atoms with Gasteiger partial charge in [-0.05, 0) is 38.3 Å². The van der Waals surface area contributed by atoms with Gasteiger partial charge in [-0.15, -0.1) is 0 Å². The zero-order valence-corrected chi connectivity index (χ0v) is 17.3. The van der Waals surface area contributed by atoms with Crippen LogP contribution in [0.5, 0.6) is 0 Å². The molecule has 0 aliphatic carbocycles. The van der Waals surface area contributed by atoms with Crippen LogP contribution >= 0.6 is 0 Å². The minimum Gasteiger partial charge on any atom is -0.450 e. The number of aryl methyl sites for hydroxylation is 1. The van der Waals surface area contributed by atoms with E-state index in [0.29, 0.717) is 18.0 Å². The number of carbonyl (C=O) groups excluding carboxylic acids is 3. The lowest BCUT2D eigenvalue weighted by atomic mass is 10.0. The first-order valence-corrected chi connectivity index (χ1v) is 9.72. The van der Waals surface area contributed by atoms with E-state index >= 15 is 0 Å². The van der Waals surface area contributed by atoms with Crippen molar-refractivity contribution in [1.29, 1.82) is 0 Å². The lowest BCUT2D eigenvalue weighted by Crippen LogP contribution is -2.56. The molecule has 1 heterocycles. The maximum Gasteiger partial charge on any atom is 0.407 e. The Bertz CT molecular complexity index is 761. The van der Waals surface area contributed by atoms with Crippen molar-refractivity contribution < 1.29 is 19.1 Å². The monoisotopic (exact) mass is 403 g/mol. The van der Waals surface area contributed by atoms with Crippen molar-refractivity contribution in [3.8, 4) is 0 Å². The van der Waals surface area contributed by atoms with E-state index in [2.05, 4.69) is 21.1 Å². The summed E-state index contributed by atoms with van der Waals surface area (Å²) in [4.78, 5) is 40.5. The number of hydrazine groups is 1. The molecule has 9 nitrogen and oxygen atoms in total. The molecule has 1 aromatic rings. The quantitative estimate of drug-likeness (QED) is 0.609. The second-order valence-corrected chi connectivity index (χ2v) is 7.24. The number of nitrogens with one attached hydrogen (secondary N) is 3. The van der Waals surface area contributed by atoms with Gasteiger partial charge in [0, 0.05) is 12.6 Å². The summed E-state index contributed by atoms with van der Waals surface area (Å²) in [7, 11) is 0. The fourth-order valence-electron chi connectivity index (χ4n) is 2.85. The average Bonchev–Trinajstić information content (AvgIpc) is 2.67. The molecule has 0 saturated heterocycles. The number of rotatable bonds is 8. The molecular weight excluding hydrogens is 374 g/mol. The summed E-state index contributed by atoms with van der Waals surface area (Å²) in [5.41, 5.74) is 4.47. The van der Waals surface area contributed by atoms with Crippen molar-refractivity contribution in [2.45, 2.75) is 40.2 Å². The van der Waals surface area contributed by atoms with Crippen molar-refractivity contribution in [2.75, 3.05) is 24.7 Å². The Morgan fingerprint density at radius 2 is 1.97 bits per heavy atom. The Morgan fingerprint density at radius 1 is 1.28 bits per heavy atom. The smallest absolute Gasteiger partial charge is 0.407 e. The lowest BCUT2D eigenvalue weighted by Gasteiger charge is -2.28. The Hall–Kier alpha value is -3.10. The van der Waals surface area contributed by atoms with Crippen LogP contribution in [0.3, 0.4) is 0 Å². The van der Waals surface area contributed by atoms with E-state index in [1.54, 1.807) is 19.1 Å². The maximum absolute atomic E-state index is 12.6. The Labute approximate surface area is 170 Å². The van der Waals surface area contributed by atoms with Crippen LogP contribution in [-0.2, 0) is 14.3 Å². The Balaban J connectivity index is 1.98. The molecule has 0 spiro atoms. The Kier molecular flexibility index (Phi) is 7.99. The summed E-state index contributed by atoms with van der Waals surface area (Å²) >= 11 is 0. The second kappa shape index (κ2) is 10.4. The minimum absolute atomic E-state index is 0.0459. The normalized spacial score (nSPS) is 14.7. The summed E-state index contributed by atoms with van der Waals surface area (Å²) < 4.78 is 4.92. The number of carbonyl (C=O) groups is 3. The summed E-state index contributed by atoms with van der Waals surface area (Å²) in [5, 5.41) is 6.82. The molecule has 1 aromatic carbocycles. The predicted octanol–water partition coefficient (Wildman–Crippen LogP) is 1.52. The standard InChI is InChI=1S/C20H29N5O4/c1-5-29-20(28)23-15(10-13(2)3)11-22-19(27)18-21-12-17(26)25(24-18)16-8-6-14(4)7-9-16/h6-9,13,15H,5,10-12H2,1-4H3,(H,21,24)(H,22,27)(H,23,28)/t15-/m1/s1. The van der Waals surface area contributed by atoms with Crippen LogP contribution in [0, 0.1) is 12.8 Å². The number of aliphatic imine (C=N–C) groups is 1. The zero-order valence-electron chi connectivity index (χ0n) is 17.3. The number of alkyl carbamates (subject to hydrolysis) is 1. The second-order valence-electron chi connectivity index (χ2n) is 7.24. The van der Waals surface area contributed by atoms with Crippen LogP contribution in [0.2, 0.25) is 0 Å². The number of hydrogen-bond donors (Lipinski definition) is 3. The third-order valence-electron chi connectivity index (χ3n) is 4.21. The van der Waals surface area contributed by atoms with Crippen LogP contribution in [0.4, 0.5) is 10.5 Å². The van der Waals surface area contributed by atoms with E-state index in [1.807, 2.05) is 32.9 Å². The molecule has 0 aromatic heterocycles. The summed E-state index contributed by atoms with van der Waals surface area (Å²) in [6.45, 7) is 8.10. The van der Waals surface area contributed by atoms with Gasteiger partial charge in [0.1, 0.15) is 6.54 Å². The van der Waals surface area contributed by atoms with Crippen LogP contribution in [0.1, 0.15) is 32.8 Å². The summed E-state index contributed by atoms with van der Waals surface area (Å²) in [6, 6.07) is 7.07. The van der Waals surface area contributed by atoms with Gasteiger partial charge in [-0.3, -0.25) is 20.0 Å². The highest BCUT2D eigenvalue weighted by Gasteiger charge is 2.26. The molecule has 1 atom stereocenters. The molecule has 1 aliphatic heterocycles. The van der Waals surface area contributed by atoms with Crippen molar-refractivity contribution >= 4 is 29.4 Å². The first-order valence-electron chi connectivity index (χ1n) is 9.72. The molecule has 9 heteroatoms. The molecule has 1 aliphatic rings. The van der Waals surface area contributed by atoms with Gasteiger partial charge in [0.05, 0.1) is 12.3 Å². The van der Waals surface area contributed by atoms with Crippen LogP contribution in [0.15, 0.2) is 29.3 Å². The van der Waals surface area contributed by atoms with E-state index < -0.39 is 12.0 Å². The highest BCUT2D eigenvalue weighted by molar-refractivity contribution is 6.39. The molecule has 29 heavy (non-hydrogen) atoms. The molecule has 2 rings (SSSR count). The highest BCUT2D eigenvalue weighted by Crippen LogP contribution is 2.15. The fraction of sp³-hybridized carbons (Fsp3) is 0.500. The van der Waals surface area contributed by atoms with Gasteiger partial charge < -0.3 is 15.4 Å². The maximum atomic E-state index is 12.6. The number of anilines is 1. The first kappa shape index (κ1) is 22.2. The molecule has 158 valence electrons. The van der Waals surface area contributed by atoms with E-state index in [4.69, 9.17) is 4.74 Å². The number of ether oxygens (including phenoxy) is 1. The zero-order chi connectivity index (χ0) is 21.4. The van der Waals surface area contributed by atoms with E-state index in [-0.39, 0.29) is 37.5 Å². The van der Waals surface area contributed by atoms with Crippen LogP contribution in [0.25, 0.3) is 0 Å². The first-order chi connectivity index (χ1) is 13.8. The lowest BCUT2D eigenvalue weighted by molar-refractivity contribution is -0.118. The van der Waals surface area contributed by atoms with Crippen molar-refractivity contribution in [3.05, 3.63) is 29.8 Å². The third kappa shape index (κ3) is 6.78. The van der Waals surface area contributed by atoms with Crippen molar-refractivity contribution in [3.63, 3.8) is 0 Å². The Morgan fingerprint density at radius 3 is 2.59 bits per heavy atom. The van der Waals surface area contributed by atoms with Gasteiger partial charge >= 0.3 is 6.09 Å². The van der Waals surface area contributed by atoms with Gasteiger partial charge in [-0.1, -0.05) is 31.5 Å². The SMILES string of the molecule is CCOC(=O)N[C@@H](CNC(=O)C1=NCC(=O)N(c2ccc(C)cc2)N1)CC(C)C. The molecule has 3 amide bonds. The van der Waals surface area contributed by atoms with Gasteiger partial charge in [0.15, 0.2) is 0 Å². The van der Waals surface area contributed by atoms with Gasteiger partial charge in [-0.2, -0.15) is 0 Å². The highest BCUT2D eigenvalue weighted by atomic mass is 16.5. The number of amides is 3. The number of benzene rings is 1. The van der Waals surface area contributed by atoms with Crippen LogP contribution < -0.4 is 21.1 Å². The molecule has 0 fully saturated rings. The molecule has 0 bridgehead atoms. The fourth-order valence-corrected chi connectivity index (χ4v) is 2.85. The van der Waals surface area contributed by atoms with Gasteiger partial charge in [-0.25, -0.2) is 9.80 Å². The summed E-state index contributed by atoms with van der Waals surface area (Å²) in [5.74, 6) is -0.343. The molecule has 3 N–H and O–H groups in total. The van der Waals surface area contributed by atoms with Gasteiger partial charge in [0.25, 0.3) is 11.8 Å². The topological polar surface area (TPSA) is 112 Å². The number of hydrogen-bond acceptors (Lipinski definition) is 6. The van der Waals surface area contributed by atoms with Crippen LogP contribution in [-0.4, -0.2) is 49.5 Å². The van der Waals surface area contributed by atoms with Crippen molar-refractivity contribution in [1.82, 2.24) is 16.1 Å². The molecule has 0 saturated carbocycles. The number of amidine groups is 1. The average molecular weight is 403 g/mol. The third-order valence-corrected chi connectivity index (χ3v) is 4.21. The van der Waals surface area contributed by atoms with Gasteiger partial charge in [0.2, 0.25) is 5.84 Å². The van der Waals surface area contributed by atoms with Crippen molar-refractivity contribution in [2.24, 2.45) is 10.9 Å². The van der Waals surface area contributed by atoms with E-state index in [1.165, 1.54) is 5.01 Å². The predicted molar refractivity (Wildman–Crippen MR) is 111 cm³/mol. The number of nitrogens with zero attached hydrogens (tertiary/aromatic N) is 2. The minimum atomic E-state index is -0.517. The largest absolute Gasteiger partial charge is 0.450 e. The van der Waals surface area contributed by atoms with E-state index in [0.717, 1.165) is 5.56 Å². The summed E-state index contributed by atoms with van der Waals surface area (Å²) in [6.07, 6.45) is 0.157.